The van der Waals surface area contributed by atoms with Crippen LogP contribution in [0.4, 0.5) is 14.5 Å². The van der Waals surface area contributed by atoms with Gasteiger partial charge in [0.2, 0.25) is 0 Å². The van der Waals surface area contributed by atoms with Gasteiger partial charge in [-0.3, -0.25) is 4.99 Å². The Bertz CT molecular complexity index is 1690. The molecule has 0 saturated heterocycles. The molecule has 0 amide bonds. The number of aromatic nitrogens is 4. The average Bonchev–Trinajstić information content (AvgIpc) is 3.69. The quantitative estimate of drug-likeness (QED) is 0.0954. The Balaban J connectivity index is 1.53. The highest BCUT2D eigenvalue weighted by Crippen LogP contribution is 2.44. The fraction of sp³-hybridized carbons (Fsp3) is 0.194. The lowest BCUT2D eigenvalue weighted by Crippen LogP contribution is -2.42. The minimum Gasteiger partial charge on any atom is -0.435 e. The zero-order valence-corrected chi connectivity index (χ0v) is 23.7. The molecule has 11 heteroatoms. The molecule has 0 bridgehead atoms. The molecule has 2 aromatic heterocycles. The number of esters is 1. The van der Waals surface area contributed by atoms with E-state index in [1.807, 2.05) is 49.6 Å². The molecule has 2 atom stereocenters. The summed E-state index contributed by atoms with van der Waals surface area (Å²) in [6.45, 7) is 6.68. The van der Waals surface area contributed by atoms with Crippen molar-refractivity contribution < 1.29 is 23.0 Å². The Kier molecular flexibility index (Phi) is 8.60. The molecular formula is C31H27F2N5O3S. The van der Waals surface area contributed by atoms with Gasteiger partial charge in [-0.25, -0.2) is 28.2 Å². The van der Waals surface area contributed by atoms with Gasteiger partial charge in [-0.1, -0.05) is 42.8 Å². The van der Waals surface area contributed by atoms with Gasteiger partial charge in [-0.2, -0.15) is 5.10 Å². The molecule has 0 aliphatic heterocycles. The normalized spacial score (nSPS) is 13.3. The first kappa shape index (κ1) is 28.9. The number of hydrogen-bond donors (Lipinski definition) is 0. The molecule has 3 aromatic carbocycles. The van der Waals surface area contributed by atoms with Crippen molar-refractivity contribution in [1.82, 2.24) is 19.7 Å². The first-order valence-electron chi connectivity index (χ1n) is 13.0. The van der Waals surface area contributed by atoms with E-state index in [9.17, 15) is 9.18 Å². The Morgan fingerprint density at radius 2 is 1.95 bits per heavy atom. The molecule has 42 heavy (non-hydrogen) atoms. The lowest BCUT2D eigenvalue weighted by Gasteiger charge is -2.38. The second-order valence-corrected chi connectivity index (χ2v) is 10.6. The van der Waals surface area contributed by atoms with Gasteiger partial charge < -0.3 is 9.47 Å². The summed E-state index contributed by atoms with van der Waals surface area (Å²) in [5.41, 5.74) is 2.06. The standard InChI is InChI=1S/C31H27F2N5O3S/c1-20-5-4-6-23(13-20)30(39)40-19-41-31(16-38-18-35-17-36-38,26-12-9-24(32)14-27(26)33)21(2)29-37-28(15-42-29)22-7-10-25(34-3)11-8-22/h4-15,17-18,21H,3,16,19H2,1-2H3/t21-,31?/m0/s1. The number of carbonyl (C=O) groups is 1. The molecule has 1 unspecified atom stereocenters. The van der Waals surface area contributed by atoms with E-state index in [1.165, 1.54) is 34.7 Å². The smallest absolute Gasteiger partial charge is 0.340 e. The van der Waals surface area contributed by atoms with Crippen LogP contribution in [0.5, 0.6) is 0 Å². The van der Waals surface area contributed by atoms with Crippen LogP contribution in [0.2, 0.25) is 0 Å². The largest absolute Gasteiger partial charge is 0.435 e. The maximum absolute atomic E-state index is 15.6. The van der Waals surface area contributed by atoms with Crippen LogP contribution in [0.1, 0.15) is 39.3 Å². The Morgan fingerprint density at radius 3 is 2.64 bits per heavy atom. The molecule has 0 aliphatic carbocycles. The number of ether oxygens (including phenoxy) is 2. The molecule has 0 radical (unpaired) electrons. The van der Waals surface area contributed by atoms with Gasteiger partial charge in [0.1, 0.15) is 29.9 Å². The number of hydrogen-bond acceptors (Lipinski definition) is 8. The van der Waals surface area contributed by atoms with Gasteiger partial charge in [0.15, 0.2) is 6.79 Å². The van der Waals surface area contributed by atoms with Crippen molar-refractivity contribution in [3.05, 3.63) is 118 Å². The topological polar surface area (TPSA) is 91.5 Å². The summed E-state index contributed by atoms with van der Waals surface area (Å²) >= 11 is 1.37. The summed E-state index contributed by atoms with van der Waals surface area (Å²) < 4.78 is 43.0. The Hall–Kier alpha value is -4.61. The minimum absolute atomic E-state index is 0.0344. The third-order valence-corrected chi connectivity index (χ3v) is 7.98. The summed E-state index contributed by atoms with van der Waals surface area (Å²) in [6, 6.07) is 17.7. The van der Waals surface area contributed by atoms with Gasteiger partial charge in [0.05, 0.1) is 28.5 Å². The Labute approximate surface area is 245 Å². The average molecular weight is 588 g/mol. The number of benzene rings is 3. The van der Waals surface area contributed by atoms with Gasteiger partial charge in [0, 0.05) is 28.5 Å². The molecule has 0 fully saturated rings. The van der Waals surface area contributed by atoms with Crippen LogP contribution in [0.3, 0.4) is 0 Å². The highest BCUT2D eigenvalue weighted by Gasteiger charge is 2.45. The van der Waals surface area contributed by atoms with E-state index < -0.39 is 35.9 Å². The van der Waals surface area contributed by atoms with Crippen LogP contribution in [-0.4, -0.2) is 39.2 Å². The van der Waals surface area contributed by atoms with Crippen LogP contribution >= 0.6 is 11.3 Å². The molecule has 2 heterocycles. The van der Waals surface area contributed by atoms with E-state index >= 15 is 4.39 Å². The van der Waals surface area contributed by atoms with Gasteiger partial charge in [0.25, 0.3) is 0 Å². The van der Waals surface area contributed by atoms with E-state index in [0.717, 1.165) is 28.9 Å². The number of rotatable bonds is 11. The SMILES string of the molecule is C=Nc1ccc(-c2csc([C@H](C)C(Cn3cncn3)(OCOC(=O)c3cccc(C)c3)c3ccc(F)cc3F)n2)cc1. The molecule has 8 nitrogen and oxygen atoms in total. The number of nitrogens with zero attached hydrogens (tertiary/aromatic N) is 5. The van der Waals surface area contributed by atoms with Gasteiger partial charge >= 0.3 is 5.97 Å². The van der Waals surface area contributed by atoms with Crippen LogP contribution in [-0.2, 0) is 21.6 Å². The van der Waals surface area contributed by atoms with Crippen molar-refractivity contribution in [2.45, 2.75) is 31.9 Å². The Morgan fingerprint density at radius 1 is 1.14 bits per heavy atom. The lowest BCUT2D eigenvalue weighted by molar-refractivity contribution is -0.148. The number of aryl methyl sites for hydroxylation is 1. The fourth-order valence-electron chi connectivity index (χ4n) is 4.69. The first-order valence-corrected chi connectivity index (χ1v) is 13.9. The molecular weight excluding hydrogens is 560 g/mol. The molecule has 0 aliphatic rings. The fourth-order valence-corrected chi connectivity index (χ4v) is 5.66. The predicted molar refractivity (Wildman–Crippen MR) is 156 cm³/mol. The first-order chi connectivity index (χ1) is 20.3. The van der Waals surface area contributed by atoms with E-state index in [-0.39, 0.29) is 12.1 Å². The van der Waals surface area contributed by atoms with Gasteiger partial charge in [-0.05, 0) is 44.0 Å². The predicted octanol–water partition coefficient (Wildman–Crippen LogP) is 6.85. The number of aliphatic imine (C=N–C) groups is 1. The molecule has 0 saturated carbocycles. The maximum Gasteiger partial charge on any atom is 0.340 e. The van der Waals surface area contributed by atoms with Crippen molar-refractivity contribution in [1.29, 1.82) is 0 Å². The maximum atomic E-state index is 15.6. The third kappa shape index (κ3) is 6.17. The van der Waals surface area contributed by atoms with Gasteiger partial charge in [-0.15, -0.1) is 11.3 Å². The second-order valence-electron chi connectivity index (χ2n) is 9.67. The third-order valence-electron chi connectivity index (χ3n) is 6.95. The van der Waals surface area contributed by atoms with E-state index in [4.69, 9.17) is 14.5 Å². The van der Waals surface area contributed by atoms with Crippen LogP contribution in [0.25, 0.3) is 11.3 Å². The summed E-state index contributed by atoms with van der Waals surface area (Å²) in [5.74, 6) is -2.78. The van der Waals surface area contributed by atoms with E-state index in [2.05, 4.69) is 21.8 Å². The highest BCUT2D eigenvalue weighted by molar-refractivity contribution is 7.10. The zero-order valence-electron chi connectivity index (χ0n) is 22.9. The summed E-state index contributed by atoms with van der Waals surface area (Å²) in [7, 11) is 0. The molecule has 214 valence electrons. The molecule has 5 aromatic rings. The molecule has 0 spiro atoms. The van der Waals surface area contributed by atoms with Crippen molar-refractivity contribution >= 4 is 29.7 Å². The molecule has 5 rings (SSSR count). The zero-order chi connectivity index (χ0) is 29.7. The number of halogens is 2. The highest BCUT2D eigenvalue weighted by atomic mass is 32.1. The number of thiazole rings is 1. The van der Waals surface area contributed by atoms with Crippen molar-refractivity contribution in [2.75, 3.05) is 6.79 Å². The van der Waals surface area contributed by atoms with Crippen LogP contribution in [0.15, 0.2) is 89.8 Å². The summed E-state index contributed by atoms with van der Waals surface area (Å²) in [5, 5.41) is 6.72. The second kappa shape index (κ2) is 12.5. The van der Waals surface area contributed by atoms with E-state index in [1.54, 1.807) is 18.2 Å². The summed E-state index contributed by atoms with van der Waals surface area (Å²) in [6.07, 6.45) is 2.81. The van der Waals surface area contributed by atoms with Crippen LogP contribution < -0.4 is 0 Å². The van der Waals surface area contributed by atoms with E-state index in [0.29, 0.717) is 16.3 Å². The lowest BCUT2D eigenvalue weighted by atomic mass is 9.81. The monoisotopic (exact) mass is 587 g/mol. The molecule has 0 N–H and O–H groups in total. The minimum atomic E-state index is -1.54. The summed E-state index contributed by atoms with van der Waals surface area (Å²) in [4.78, 5) is 25.6. The van der Waals surface area contributed by atoms with Crippen molar-refractivity contribution in [3.63, 3.8) is 0 Å². The van der Waals surface area contributed by atoms with Crippen molar-refractivity contribution in [2.24, 2.45) is 4.99 Å². The van der Waals surface area contributed by atoms with Crippen molar-refractivity contribution in [3.8, 4) is 11.3 Å². The number of carbonyl (C=O) groups excluding carboxylic acids is 1. The van der Waals surface area contributed by atoms with Crippen LogP contribution in [0, 0.1) is 18.6 Å².